The van der Waals surface area contributed by atoms with Gasteiger partial charge < -0.3 is 9.52 Å². The standard InChI is InChI=1S/C15H12Br2O3/c1-8-6-12(16)9(2)5-11(8)15-13(17)7-10(20-15)3-4-14(18)19/h3-7H,1-2H3,(H,18,19)/b4-3+. The molecule has 1 aromatic heterocycles. The number of rotatable bonds is 3. The Morgan fingerprint density at radius 3 is 2.50 bits per heavy atom. The van der Waals surface area contributed by atoms with Gasteiger partial charge >= 0.3 is 5.97 Å². The van der Waals surface area contributed by atoms with Gasteiger partial charge in [0.15, 0.2) is 0 Å². The molecule has 0 amide bonds. The molecular weight excluding hydrogens is 388 g/mol. The molecule has 5 heteroatoms. The molecule has 0 aliphatic rings. The molecule has 0 spiro atoms. The molecule has 0 unspecified atom stereocenters. The van der Waals surface area contributed by atoms with Crippen LogP contribution in [0.1, 0.15) is 16.9 Å². The van der Waals surface area contributed by atoms with E-state index in [0.717, 1.165) is 31.7 Å². The number of furan rings is 1. The summed E-state index contributed by atoms with van der Waals surface area (Å²) in [7, 11) is 0. The normalized spacial score (nSPS) is 11.2. The van der Waals surface area contributed by atoms with Crippen LogP contribution in [0.2, 0.25) is 0 Å². The van der Waals surface area contributed by atoms with E-state index in [9.17, 15) is 4.79 Å². The van der Waals surface area contributed by atoms with Gasteiger partial charge in [0.05, 0.1) is 4.47 Å². The van der Waals surface area contributed by atoms with Crippen LogP contribution in [0.15, 0.2) is 37.6 Å². The molecule has 2 aromatic rings. The van der Waals surface area contributed by atoms with Crippen LogP contribution in [0.3, 0.4) is 0 Å². The first-order chi connectivity index (χ1) is 9.38. The second kappa shape index (κ2) is 5.97. The SMILES string of the molecule is Cc1cc(-c2oc(/C=C/C(=O)O)cc2Br)c(C)cc1Br. The molecule has 0 saturated heterocycles. The van der Waals surface area contributed by atoms with Crippen molar-refractivity contribution in [2.24, 2.45) is 0 Å². The van der Waals surface area contributed by atoms with Crippen molar-refractivity contribution in [1.29, 1.82) is 0 Å². The number of carbonyl (C=O) groups is 1. The zero-order chi connectivity index (χ0) is 14.9. The molecule has 0 aliphatic heterocycles. The molecular formula is C15H12Br2O3. The predicted molar refractivity (Wildman–Crippen MR) is 85.7 cm³/mol. The Morgan fingerprint density at radius 1 is 1.15 bits per heavy atom. The van der Waals surface area contributed by atoms with Crippen LogP contribution in [0.5, 0.6) is 0 Å². The van der Waals surface area contributed by atoms with Gasteiger partial charge in [-0.3, -0.25) is 0 Å². The number of aliphatic carboxylic acids is 1. The summed E-state index contributed by atoms with van der Waals surface area (Å²) in [6.07, 6.45) is 2.48. The Morgan fingerprint density at radius 2 is 1.85 bits per heavy atom. The maximum absolute atomic E-state index is 10.5. The van der Waals surface area contributed by atoms with Gasteiger partial charge in [0, 0.05) is 16.1 Å². The zero-order valence-corrected chi connectivity index (χ0v) is 14.1. The minimum absolute atomic E-state index is 0.495. The lowest BCUT2D eigenvalue weighted by atomic mass is 10.0. The van der Waals surface area contributed by atoms with Gasteiger partial charge in [0.1, 0.15) is 11.5 Å². The number of benzene rings is 1. The highest BCUT2D eigenvalue weighted by molar-refractivity contribution is 9.10. The first-order valence-electron chi connectivity index (χ1n) is 5.86. The zero-order valence-electron chi connectivity index (χ0n) is 10.9. The fourth-order valence-corrected chi connectivity index (χ4v) is 2.81. The van der Waals surface area contributed by atoms with E-state index in [0.29, 0.717) is 11.5 Å². The number of hydrogen-bond acceptors (Lipinski definition) is 2. The van der Waals surface area contributed by atoms with Crippen molar-refractivity contribution in [2.75, 3.05) is 0 Å². The van der Waals surface area contributed by atoms with E-state index in [1.165, 1.54) is 6.08 Å². The first kappa shape index (κ1) is 15.1. The van der Waals surface area contributed by atoms with Crippen molar-refractivity contribution in [3.63, 3.8) is 0 Å². The van der Waals surface area contributed by atoms with Gasteiger partial charge in [-0.1, -0.05) is 15.9 Å². The summed E-state index contributed by atoms with van der Waals surface area (Å²) in [5.74, 6) is 0.187. The molecule has 104 valence electrons. The quantitative estimate of drug-likeness (QED) is 0.722. The molecule has 1 N–H and O–H groups in total. The third-order valence-electron chi connectivity index (χ3n) is 2.85. The molecule has 0 atom stereocenters. The third kappa shape index (κ3) is 3.22. The average Bonchev–Trinajstić information content (AvgIpc) is 2.72. The summed E-state index contributed by atoms with van der Waals surface area (Å²) in [5.41, 5.74) is 3.16. The Hall–Kier alpha value is -1.33. The molecule has 0 fully saturated rings. The van der Waals surface area contributed by atoms with E-state index < -0.39 is 5.97 Å². The molecule has 0 aliphatic carbocycles. The van der Waals surface area contributed by atoms with Gasteiger partial charge in [0.2, 0.25) is 0 Å². The van der Waals surface area contributed by atoms with Crippen LogP contribution in [-0.2, 0) is 4.79 Å². The van der Waals surface area contributed by atoms with Crippen LogP contribution in [-0.4, -0.2) is 11.1 Å². The fraction of sp³-hybridized carbons (Fsp3) is 0.133. The minimum atomic E-state index is -1.00. The lowest BCUT2D eigenvalue weighted by Crippen LogP contribution is -1.86. The molecule has 20 heavy (non-hydrogen) atoms. The lowest BCUT2D eigenvalue weighted by Gasteiger charge is -2.07. The molecule has 1 heterocycles. The van der Waals surface area contributed by atoms with Crippen LogP contribution in [0.4, 0.5) is 0 Å². The van der Waals surface area contributed by atoms with Crippen molar-refractivity contribution in [1.82, 2.24) is 0 Å². The topological polar surface area (TPSA) is 50.4 Å². The van der Waals surface area contributed by atoms with Gasteiger partial charge in [0.25, 0.3) is 0 Å². The van der Waals surface area contributed by atoms with Crippen molar-refractivity contribution in [3.05, 3.63) is 50.1 Å². The summed E-state index contributed by atoms with van der Waals surface area (Å²) in [5, 5.41) is 8.63. The van der Waals surface area contributed by atoms with Crippen molar-refractivity contribution in [2.45, 2.75) is 13.8 Å². The first-order valence-corrected chi connectivity index (χ1v) is 7.44. The number of carboxylic acids is 1. The van der Waals surface area contributed by atoms with Gasteiger partial charge in [-0.25, -0.2) is 4.79 Å². The van der Waals surface area contributed by atoms with Gasteiger partial charge in [-0.15, -0.1) is 0 Å². The Balaban J connectivity index is 2.48. The maximum Gasteiger partial charge on any atom is 0.328 e. The molecule has 0 bridgehead atoms. The highest BCUT2D eigenvalue weighted by atomic mass is 79.9. The monoisotopic (exact) mass is 398 g/mol. The largest absolute Gasteiger partial charge is 0.478 e. The molecule has 1 aromatic carbocycles. The predicted octanol–water partition coefficient (Wildman–Crippen LogP) is 5.19. The number of aryl methyl sites for hydroxylation is 2. The van der Waals surface area contributed by atoms with Gasteiger partial charge in [-0.2, -0.15) is 0 Å². The van der Waals surface area contributed by atoms with Crippen molar-refractivity contribution in [3.8, 4) is 11.3 Å². The van der Waals surface area contributed by atoms with E-state index >= 15 is 0 Å². The second-order valence-electron chi connectivity index (χ2n) is 4.41. The fourth-order valence-electron chi connectivity index (χ4n) is 1.83. The summed E-state index contributed by atoms with van der Waals surface area (Å²) in [4.78, 5) is 10.5. The highest BCUT2D eigenvalue weighted by Gasteiger charge is 2.13. The maximum atomic E-state index is 10.5. The van der Waals surface area contributed by atoms with Crippen LogP contribution < -0.4 is 0 Å². The Labute approximate surface area is 133 Å². The smallest absolute Gasteiger partial charge is 0.328 e. The minimum Gasteiger partial charge on any atom is -0.478 e. The summed E-state index contributed by atoms with van der Waals surface area (Å²) in [6.45, 7) is 4.01. The average molecular weight is 400 g/mol. The highest BCUT2D eigenvalue weighted by Crippen LogP contribution is 2.36. The van der Waals surface area contributed by atoms with Crippen molar-refractivity contribution < 1.29 is 14.3 Å². The molecule has 0 radical (unpaired) electrons. The molecule has 3 nitrogen and oxygen atoms in total. The van der Waals surface area contributed by atoms with Gasteiger partial charge in [-0.05, 0) is 65.2 Å². The van der Waals surface area contributed by atoms with E-state index in [1.807, 2.05) is 26.0 Å². The van der Waals surface area contributed by atoms with E-state index in [2.05, 4.69) is 31.9 Å². The lowest BCUT2D eigenvalue weighted by molar-refractivity contribution is -0.131. The van der Waals surface area contributed by atoms with Crippen LogP contribution in [0.25, 0.3) is 17.4 Å². The summed E-state index contributed by atoms with van der Waals surface area (Å²) in [6, 6.07) is 5.83. The number of halogens is 2. The number of carboxylic acid groups (broad SMARTS) is 1. The second-order valence-corrected chi connectivity index (χ2v) is 6.12. The molecule has 2 rings (SSSR count). The summed E-state index contributed by atoms with van der Waals surface area (Å²) < 4.78 is 7.56. The third-order valence-corrected chi connectivity index (χ3v) is 4.29. The van der Waals surface area contributed by atoms with E-state index in [-0.39, 0.29) is 0 Å². The van der Waals surface area contributed by atoms with Crippen LogP contribution in [0, 0.1) is 13.8 Å². The van der Waals surface area contributed by atoms with Crippen molar-refractivity contribution >= 4 is 43.9 Å². The van der Waals surface area contributed by atoms with Crippen LogP contribution >= 0.6 is 31.9 Å². The number of hydrogen-bond donors (Lipinski definition) is 1. The Bertz CT molecular complexity index is 699. The molecule has 0 saturated carbocycles. The van der Waals surface area contributed by atoms with E-state index in [4.69, 9.17) is 9.52 Å². The Kier molecular flexibility index (Phi) is 4.50. The van der Waals surface area contributed by atoms with E-state index in [1.54, 1.807) is 6.07 Å². The summed E-state index contributed by atoms with van der Waals surface area (Å²) >= 11 is 6.95.